The number of aliphatic carboxylic acids is 1. The van der Waals surface area contributed by atoms with E-state index in [9.17, 15) is 24.2 Å². The van der Waals surface area contributed by atoms with Crippen LogP contribution in [0, 0.1) is 11.8 Å². The number of quaternary nitrogens is 1. The maximum Gasteiger partial charge on any atom is 0.326 e. The molecule has 0 spiro atoms. The van der Waals surface area contributed by atoms with E-state index in [0.29, 0.717) is 12.8 Å². The predicted molar refractivity (Wildman–Crippen MR) is 124 cm³/mol. The third-order valence-corrected chi connectivity index (χ3v) is 7.68. The summed E-state index contributed by atoms with van der Waals surface area (Å²) in [7, 11) is -3.77. The average Bonchev–Trinajstić information content (AvgIpc) is 2.73. The molecule has 4 atom stereocenters. The number of carboxylic acid groups (broad SMARTS) is 1. The van der Waals surface area contributed by atoms with Gasteiger partial charge < -0.3 is 38.0 Å². The number of carboxylic acids is 1. The fourth-order valence-electron chi connectivity index (χ4n) is 3.67. The molecule has 2 aromatic rings. The molecule has 0 saturated carbocycles. The largest absolute Gasteiger partial charge is 1.00 e. The van der Waals surface area contributed by atoms with Gasteiger partial charge in [0.15, 0.2) is 5.78 Å². The number of nitrogens with one attached hydrogen (secondary N) is 1. The molecule has 6 N–H and O–H groups in total. The van der Waals surface area contributed by atoms with Crippen molar-refractivity contribution in [3.05, 3.63) is 71.8 Å². The summed E-state index contributed by atoms with van der Waals surface area (Å²) in [5, 5.41) is 12.2. The molecule has 0 aliphatic rings. The molecule has 1 amide bonds. The second-order valence-corrected chi connectivity index (χ2v) is 11.3. The van der Waals surface area contributed by atoms with Gasteiger partial charge in [0.05, 0.1) is 0 Å². The van der Waals surface area contributed by atoms with E-state index in [4.69, 9.17) is 0 Å². The lowest BCUT2D eigenvalue weighted by Gasteiger charge is -2.25. The summed E-state index contributed by atoms with van der Waals surface area (Å²) in [5.41, 5.74) is 5.59. The molecule has 0 heterocycles. The standard InChI is InChI=1S/C24H33N2O5P.BrH/c1-17(2)13-20(16-32(30,31)22(25)15-19-11-7-4-8-12-19)23(27)26-21(24(28)29)14-18-9-5-3-6-10-18;/h3-12,17,20-22H,13-16,25H2,1-2H3,(H,26,27)(H,28,29)(H,30,31);1H/t20-,21-,22+;/m0./s1. The highest BCUT2D eigenvalue weighted by atomic mass is 79.9. The number of carbonyl (C=O) groups excluding carboxylic acids is 1. The van der Waals surface area contributed by atoms with Crippen molar-refractivity contribution in [1.82, 2.24) is 5.32 Å². The van der Waals surface area contributed by atoms with Crippen molar-refractivity contribution in [3.8, 4) is 0 Å². The minimum Gasteiger partial charge on any atom is -1.00 e. The Balaban J connectivity index is 0.00000544. The normalized spacial score (nSPS) is 15.5. The van der Waals surface area contributed by atoms with Crippen LogP contribution < -0.4 is 28.0 Å². The van der Waals surface area contributed by atoms with Crippen molar-refractivity contribution < 1.29 is 46.9 Å². The Morgan fingerprint density at radius 2 is 1.45 bits per heavy atom. The van der Waals surface area contributed by atoms with Gasteiger partial charge >= 0.3 is 5.97 Å². The lowest BCUT2D eigenvalue weighted by molar-refractivity contribution is -0.391. The number of carbonyl (C=O) groups is 2. The first kappa shape index (κ1) is 29.0. The number of amides is 1. The number of rotatable bonds is 12. The van der Waals surface area contributed by atoms with Crippen molar-refractivity contribution >= 4 is 19.2 Å². The molecule has 1 unspecified atom stereocenters. The summed E-state index contributed by atoms with van der Waals surface area (Å²) < 4.78 is 13.1. The second-order valence-electron chi connectivity index (χ2n) is 8.70. The summed E-state index contributed by atoms with van der Waals surface area (Å²) in [4.78, 5) is 35.5. The van der Waals surface area contributed by atoms with E-state index in [1.807, 2.05) is 50.2 Å². The molecule has 33 heavy (non-hydrogen) atoms. The highest BCUT2D eigenvalue weighted by Crippen LogP contribution is 2.47. The summed E-state index contributed by atoms with van der Waals surface area (Å²) in [5.74, 6) is -3.09. The summed E-state index contributed by atoms with van der Waals surface area (Å²) in [6.45, 7) is 3.85. The first-order valence-electron chi connectivity index (χ1n) is 10.8. The quantitative estimate of drug-likeness (QED) is 0.271. The van der Waals surface area contributed by atoms with Crippen molar-refractivity contribution in [2.45, 2.75) is 44.9 Å². The van der Waals surface area contributed by atoms with Crippen molar-refractivity contribution in [3.63, 3.8) is 0 Å². The van der Waals surface area contributed by atoms with Gasteiger partial charge in [0.25, 0.3) is 7.37 Å². The van der Waals surface area contributed by atoms with Crippen LogP contribution in [-0.2, 0) is 27.0 Å². The minimum atomic E-state index is -3.77. The first-order chi connectivity index (χ1) is 15.1. The van der Waals surface area contributed by atoms with Crippen molar-refractivity contribution in [2.24, 2.45) is 11.8 Å². The molecular formula is C24H34BrN2O5P. The second kappa shape index (κ2) is 13.7. The molecule has 0 aromatic heterocycles. The van der Waals surface area contributed by atoms with Crippen LogP contribution in [0.3, 0.4) is 0 Å². The van der Waals surface area contributed by atoms with Gasteiger partial charge in [-0.3, -0.25) is 9.36 Å². The summed E-state index contributed by atoms with van der Waals surface area (Å²) in [6, 6.07) is 17.3. The predicted octanol–water partition coefficient (Wildman–Crippen LogP) is -0.454. The molecule has 0 fully saturated rings. The van der Waals surface area contributed by atoms with Crippen LogP contribution in [0.1, 0.15) is 31.4 Å². The Bertz CT molecular complexity index is 927. The number of hydrogen-bond acceptors (Lipinski definition) is 3. The van der Waals surface area contributed by atoms with E-state index in [0.717, 1.165) is 11.1 Å². The smallest absolute Gasteiger partial charge is 0.326 e. The van der Waals surface area contributed by atoms with E-state index in [-0.39, 0.29) is 35.5 Å². The van der Waals surface area contributed by atoms with Gasteiger partial charge in [-0.1, -0.05) is 74.5 Å². The molecular weight excluding hydrogens is 507 g/mol. The fraction of sp³-hybridized carbons (Fsp3) is 0.417. The molecule has 7 nitrogen and oxygen atoms in total. The van der Waals surface area contributed by atoms with Crippen LogP contribution in [0.15, 0.2) is 60.7 Å². The maximum atomic E-state index is 13.1. The van der Waals surface area contributed by atoms with E-state index < -0.39 is 37.0 Å². The molecule has 9 heteroatoms. The Labute approximate surface area is 206 Å². The van der Waals surface area contributed by atoms with E-state index in [1.54, 1.807) is 24.3 Å². The maximum absolute atomic E-state index is 13.1. The van der Waals surface area contributed by atoms with Gasteiger partial charge in [-0.05, 0) is 23.5 Å². The molecule has 2 aromatic carbocycles. The van der Waals surface area contributed by atoms with Crippen LogP contribution in [0.25, 0.3) is 0 Å². The van der Waals surface area contributed by atoms with E-state index >= 15 is 0 Å². The summed E-state index contributed by atoms with van der Waals surface area (Å²) in [6.07, 6.45) is 0.622. The molecule has 0 radical (unpaired) electrons. The first-order valence-corrected chi connectivity index (χ1v) is 12.8. The minimum absolute atomic E-state index is 0. The average molecular weight is 541 g/mol. The van der Waals surface area contributed by atoms with Crippen LogP contribution in [0.5, 0.6) is 0 Å². The van der Waals surface area contributed by atoms with Crippen LogP contribution in [-0.4, -0.2) is 39.9 Å². The Kier molecular flexibility index (Phi) is 12.0. The van der Waals surface area contributed by atoms with Crippen LogP contribution in [0.2, 0.25) is 0 Å². The van der Waals surface area contributed by atoms with Gasteiger partial charge in [0.2, 0.25) is 5.91 Å². The highest BCUT2D eigenvalue weighted by Gasteiger charge is 2.37. The number of hydrogen-bond donors (Lipinski definition) is 4. The number of benzene rings is 2. The van der Waals surface area contributed by atoms with E-state index in [2.05, 4.69) is 11.1 Å². The van der Waals surface area contributed by atoms with Gasteiger partial charge in [-0.25, -0.2) is 4.79 Å². The molecule has 0 aliphatic carbocycles. The molecule has 0 aliphatic heterocycles. The topological polar surface area (TPSA) is 131 Å². The highest BCUT2D eigenvalue weighted by molar-refractivity contribution is 7.58. The zero-order valence-electron chi connectivity index (χ0n) is 19.1. The Hall–Kier alpha value is -1.99. The monoisotopic (exact) mass is 540 g/mol. The zero-order valence-corrected chi connectivity index (χ0v) is 21.5. The molecule has 0 bridgehead atoms. The lowest BCUT2D eigenvalue weighted by Crippen LogP contribution is -3.00. The summed E-state index contributed by atoms with van der Waals surface area (Å²) >= 11 is 0. The lowest BCUT2D eigenvalue weighted by atomic mass is 9.97. The van der Waals surface area contributed by atoms with Gasteiger partial charge in [0.1, 0.15) is 6.04 Å². The van der Waals surface area contributed by atoms with Gasteiger partial charge in [-0.2, -0.15) is 0 Å². The fourth-order valence-corrected chi connectivity index (χ4v) is 5.41. The number of halogens is 1. The third-order valence-electron chi connectivity index (χ3n) is 5.39. The molecule has 182 valence electrons. The van der Waals surface area contributed by atoms with Crippen molar-refractivity contribution in [1.29, 1.82) is 0 Å². The third kappa shape index (κ3) is 9.80. The van der Waals surface area contributed by atoms with Gasteiger partial charge in [-0.15, -0.1) is 0 Å². The molecule has 0 saturated heterocycles. The Morgan fingerprint density at radius 1 is 0.970 bits per heavy atom. The molecule has 2 rings (SSSR count). The van der Waals surface area contributed by atoms with Crippen LogP contribution in [0.4, 0.5) is 0 Å². The SMILES string of the molecule is CC(C)C[C@@H](CP(=O)(O)[C@@H]([NH3+])Cc1ccccc1)C(=O)N[C@@H](Cc1ccccc1)C(=O)O.[Br-]. The Morgan fingerprint density at radius 3 is 1.91 bits per heavy atom. The zero-order chi connectivity index (χ0) is 23.7. The van der Waals surface area contributed by atoms with E-state index in [1.165, 1.54) is 0 Å². The van der Waals surface area contributed by atoms with Crippen molar-refractivity contribution in [2.75, 3.05) is 6.16 Å². The van der Waals surface area contributed by atoms with Gasteiger partial charge in [0, 0.05) is 24.9 Å². The van der Waals surface area contributed by atoms with Crippen LogP contribution >= 0.6 is 7.37 Å².